The van der Waals surface area contributed by atoms with E-state index in [-0.39, 0.29) is 11.1 Å². The Morgan fingerprint density at radius 1 is 1.23 bits per heavy atom. The number of allylic oxidation sites excluding steroid dienone is 2. The van der Waals surface area contributed by atoms with E-state index in [1.807, 2.05) is 5.43 Å². The number of hydrogen-bond donors (Lipinski definition) is 3. The second-order valence-corrected chi connectivity index (χ2v) is 2.18. The SMILES string of the molecule is C/C=C(C(=O)O)\C(=C/C)C(=O)NN. The van der Waals surface area contributed by atoms with Crippen molar-refractivity contribution in [1.29, 1.82) is 0 Å². The van der Waals surface area contributed by atoms with E-state index in [1.165, 1.54) is 19.1 Å². The molecular formula is C8H12N2O3. The molecule has 5 heteroatoms. The summed E-state index contributed by atoms with van der Waals surface area (Å²) in [6.45, 7) is 3.10. The molecule has 0 fully saturated rings. The number of carboxylic acids is 1. The highest BCUT2D eigenvalue weighted by molar-refractivity contribution is 6.08. The molecule has 0 aliphatic rings. The zero-order valence-electron chi connectivity index (χ0n) is 7.50. The molecule has 0 aromatic rings. The maximum atomic E-state index is 11.0. The largest absolute Gasteiger partial charge is 0.478 e. The minimum absolute atomic E-state index is 0.0532. The summed E-state index contributed by atoms with van der Waals surface area (Å²) in [5.41, 5.74) is 1.86. The van der Waals surface area contributed by atoms with Crippen LogP contribution < -0.4 is 11.3 Å². The second kappa shape index (κ2) is 5.10. The summed E-state index contributed by atoms with van der Waals surface area (Å²) in [5, 5.41) is 8.69. The molecule has 0 saturated heterocycles. The van der Waals surface area contributed by atoms with Gasteiger partial charge in [-0.05, 0) is 13.8 Å². The van der Waals surface area contributed by atoms with Gasteiger partial charge in [-0.1, -0.05) is 12.2 Å². The molecule has 72 valence electrons. The lowest BCUT2D eigenvalue weighted by atomic mass is 10.1. The van der Waals surface area contributed by atoms with Gasteiger partial charge < -0.3 is 5.11 Å². The smallest absolute Gasteiger partial charge is 0.336 e. The maximum absolute atomic E-state index is 11.0. The number of carboxylic acid groups (broad SMARTS) is 1. The Kier molecular flexibility index (Phi) is 4.47. The fourth-order valence-electron chi connectivity index (χ4n) is 0.881. The van der Waals surface area contributed by atoms with Crippen LogP contribution in [0.15, 0.2) is 23.3 Å². The van der Waals surface area contributed by atoms with Crippen LogP contribution in [0.1, 0.15) is 13.8 Å². The van der Waals surface area contributed by atoms with E-state index in [1.54, 1.807) is 6.92 Å². The zero-order valence-corrected chi connectivity index (χ0v) is 7.50. The predicted molar refractivity (Wildman–Crippen MR) is 47.5 cm³/mol. The zero-order chi connectivity index (χ0) is 10.4. The van der Waals surface area contributed by atoms with Gasteiger partial charge in [0.2, 0.25) is 0 Å². The molecule has 13 heavy (non-hydrogen) atoms. The molecule has 0 aromatic heterocycles. The lowest BCUT2D eigenvalue weighted by Gasteiger charge is -2.04. The number of rotatable bonds is 3. The summed E-state index contributed by atoms with van der Waals surface area (Å²) in [6, 6.07) is 0. The molecule has 0 rings (SSSR count). The van der Waals surface area contributed by atoms with Gasteiger partial charge in [0, 0.05) is 0 Å². The summed E-state index contributed by atoms with van der Waals surface area (Å²) in [4.78, 5) is 21.7. The van der Waals surface area contributed by atoms with Crippen molar-refractivity contribution in [2.24, 2.45) is 5.84 Å². The summed E-state index contributed by atoms with van der Waals surface area (Å²) >= 11 is 0. The van der Waals surface area contributed by atoms with Crippen LogP contribution in [0.3, 0.4) is 0 Å². The van der Waals surface area contributed by atoms with Gasteiger partial charge in [0.25, 0.3) is 5.91 Å². The average Bonchev–Trinajstić information content (AvgIpc) is 2.12. The normalized spacial score (nSPS) is 12.5. The second-order valence-electron chi connectivity index (χ2n) is 2.18. The van der Waals surface area contributed by atoms with Gasteiger partial charge in [-0.2, -0.15) is 0 Å². The number of aliphatic carboxylic acids is 1. The summed E-state index contributed by atoms with van der Waals surface area (Å²) < 4.78 is 0. The minimum atomic E-state index is -1.15. The van der Waals surface area contributed by atoms with Gasteiger partial charge in [-0.3, -0.25) is 10.2 Å². The van der Waals surface area contributed by atoms with Gasteiger partial charge in [-0.15, -0.1) is 0 Å². The number of carbonyl (C=O) groups is 2. The molecule has 5 nitrogen and oxygen atoms in total. The Bertz CT molecular complexity index is 279. The molecule has 0 bridgehead atoms. The third-order valence-corrected chi connectivity index (χ3v) is 1.47. The molecule has 0 radical (unpaired) electrons. The molecule has 0 heterocycles. The molecular weight excluding hydrogens is 172 g/mol. The third-order valence-electron chi connectivity index (χ3n) is 1.47. The van der Waals surface area contributed by atoms with E-state index >= 15 is 0 Å². The van der Waals surface area contributed by atoms with Crippen molar-refractivity contribution in [1.82, 2.24) is 5.43 Å². The lowest BCUT2D eigenvalue weighted by Crippen LogP contribution is -2.32. The average molecular weight is 184 g/mol. The van der Waals surface area contributed by atoms with Gasteiger partial charge in [0.15, 0.2) is 0 Å². The van der Waals surface area contributed by atoms with Crippen molar-refractivity contribution in [3.05, 3.63) is 23.3 Å². The quantitative estimate of drug-likeness (QED) is 0.188. The Morgan fingerprint density at radius 3 is 1.92 bits per heavy atom. The molecule has 0 atom stereocenters. The number of nitrogens with one attached hydrogen (secondary N) is 1. The summed E-state index contributed by atoms with van der Waals surface area (Å²) in [5.74, 6) is 3.11. The number of carbonyl (C=O) groups excluding carboxylic acids is 1. The maximum Gasteiger partial charge on any atom is 0.336 e. The van der Waals surface area contributed by atoms with Gasteiger partial charge in [-0.25, -0.2) is 10.6 Å². The highest BCUT2D eigenvalue weighted by Crippen LogP contribution is 2.09. The van der Waals surface area contributed by atoms with E-state index in [0.717, 1.165) is 0 Å². The van der Waals surface area contributed by atoms with E-state index < -0.39 is 11.9 Å². The van der Waals surface area contributed by atoms with Crippen LogP contribution in [0.25, 0.3) is 0 Å². The number of amides is 1. The molecule has 0 aromatic carbocycles. The number of hydrogen-bond acceptors (Lipinski definition) is 3. The van der Waals surface area contributed by atoms with Crippen molar-refractivity contribution in [2.75, 3.05) is 0 Å². The molecule has 0 unspecified atom stereocenters. The Balaban J connectivity index is 5.00. The topological polar surface area (TPSA) is 92.4 Å². The molecule has 0 aliphatic heterocycles. The van der Waals surface area contributed by atoms with E-state index in [4.69, 9.17) is 10.9 Å². The van der Waals surface area contributed by atoms with Crippen molar-refractivity contribution >= 4 is 11.9 Å². The highest BCUT2D eigenvalue weighted by Gasteiger charge is 2.17. The fourth-order valence-corrected chi connectivity index (χ4v) is 0.881. The van der Waals surface area contributed by atoms with Crippen LogP contribution >= 0.6 is 0 Å². The van der Waals surface area contributed by atoms with Crippen LogP contribution in [0.4, 0.5) is 0 Å². The number of hydrazine groups is 1. The first-order valence-electron chi connectivity index (χ1n) is 3.65. The predicted octanol–water partition coefficient (Wildman–Crippen LogP) is -0.0465. The van der Waals surface area contributed by atoms with Crippen LogP contribution in [0.5, 0.6) is 0 Å². The van der Waals surface area contributed by atoms with E-state index in [2.05, 4.69) is 0 Å². The summed E-state index contributed by atoms with van der Waals surface area (Å²) in [7, 11) is 0. The first-order valence-corrected chi connectivity index (χ1v) is 3.65. The Hall–Kier alpha value is -1.62. The van der Waals surface area contributed by atoms with Gasteiger partial charge in [0.05, 0.1) is 11.1 Å². The Labute approximate surface area is 75.9 Å². The molecule has 1 amide bonds. The lowest BCUT2D eigenvalue weighted by molar-refractivity contribution is -0.133. The van der Waals surface area contributed by atoms with Crippen LogP contribution in [0.2, 0.25) is 0 Å². The van der Waals surface area contributed by atoms with Gasteiger partial charge >= 0.3 is 5.97 Å². The van der Waals surface area contributed by atoms with E-state index in [9.17, 15) is 9.59 Å². The van der Waals surface area contributed by atoms with Crippen LogP contribution in [-0.4, -0.2) is 17.0 Å². The van der Waals surface area contributed by atoms with Gasteiger partial charge in [0.1, 0.15) is 0 Å². The first-order chi connectivity index (χ1) is 6.08. The highest BCUT2D eigenvalue weighted by atomic mass is 16.4. The molecule has 4 N–H and O–H groups in total. The van der Waals surface area contributed by atoms with E-state index in [0.29, 0.717) is 0 Å². The molecule has 0 spiro atoms. The monoisotopic (exact) mass is 184 g/mol. The standard InChI is InChI=1S/C8H12N2O3/c1-3-5(7(11)10-9)6(4-2)8(12)13/h3-4H,9H2,1-2H3,(H,10,11)(H,12,13)/b5-3+,6-4+. The van der Waals surface area contributed by atoms with Crippen molar-refractivity contribution in [2.45, 2.75) is 13.8 Å². The minimum Gasteiger partial charge on any atom is -0.478 e. The number of nitrogens with two attached hydrogens (primary N) is 1. The van der Waals surface area contributed by atoms with Crippen molar-refractivity contribution < 1.29 is 14.7 Å². The summed E-state index contributed by atoms with van der Waals surface area (Å²) in [6.07, 6.45) is 2.73. The first kappa shape index (κ1) is 11.4. The van der Waals surface area contributed by atoms with Crippen LogP contribution in [0, 0.1) is 0 Å². The van der Waals surface area contributed by atoms with Crippen molar-refractivity contribution in [3.8, 4) is 0 Å². The molecule has 0 aliphatic carbocycles. The fraction of sp³-hybridized carbons (Fsp3) is 0.250. The Morgan fingerprint density at radius 2 is 1.69 bits per heavy atom. The molecule has 0 saturated carbocycles. The van der Waals surface area contributed by atoms with Crippen LogP contribution in [-0.2, 0) is 9.59 Å². The van der Waals surface area contributed by atoms with Crippen molar-refractivity contribution in [3.63, 3.8) is 0 Å². The third kappa shape index (κ3) is 2.72.